The molecule has 0 amide bonds. The molecule has 2 heteroatoms. The van der Waals surface area contributed by atoms with Crippen molar-refractivity contribution in [3.05, 3.63) is 12.2 Å². The Bertz CT molecular complexity index is 313. The van der Waals surface area contributed by atoms with Gasteiger partial charge in [-0.3, -0.25) is 0 Å². The number of nitrogens with one attached hydrogen (secondary N) is 2. The van der Waals surface area contributed by atoms with Crippen LogP contribution in [0.3, 0.4) is 0 Å². The first-order chi connectivity index (χ1) is 9.30. The van der Waals surface area contributed by atoms with Gasteiger partial charge in [0.2, 0.25) is 0 Å². The van der Waals surface area contributed by atoms with Gasteiger partial charge in [0, 0.05) is 5.92 Å². The summed E-state index contributed by atoms with van der Waals surface area (Å²) in [6.07, 6.45) is 10.7. The van der Waals surface area contributed by atoms with Crippen LogP contribution in [0, 0.1) is 17.8 Å². The first kappa shape index (κ1) is 13.6. The molecule has 2 fully saturated rings. The van der Waals surface area contributed by atoms with Crippen LogP contribution in [0.15, 0.2) is 12.2 Å². The third-order valence-electron chi connectivity index (χ3n) is 6.13. The summed E-state index contributed by atoms with van der Waals surface area (Å²) in [6.45, 7) is 11.9. The average molecular weight is 264 g/mol. The first-order valence-corrected chi connectivity index (χ1v) is 8.66. The van der Waals surface area contributed by atoms with Gasteiger partial charge in [0.25, 0.3) is 0 Å². The van der Waals surface area contributed by atoms with Crippen molar-refractivity contribution in [3.8, 4) is 0 Å². The summed E-state index contributed by atoms with van der Waals surface area (Å²) in [5.41, 5.74) is 0. The second kappa shape index (κ2) is 5.97. The second-order valence-electron chi connectivity index (χ2n) is 7.17. The maximum atomic E-state index is 2.52. The van der Waals surface area contributed by atoms with Crippen LogP contribution in [0.5, 0.6) is 0 Å². The second-order valence-corrected chi connectivity index (χ2v) is 7.17. The SMILES string of the molecule is CCC(CC)[NH+]1CC[NH+](C[C@@H]2C[C@H]3C=C[C@@H]2C3)CC1. The predicted octanol–water partition coefficient (Wildman–Crippen LogP) is 0.171. The van der Waals surface area contributed by atoms with Gasteiger partial charge >= 0.3 is 0 Å². The maximum Gasteiger partial charge on any atom is 0.127 e. The van der Waals surface area contributed by atoms with Gasteiger partial charge in [-0.05, 0) is 37.5 Å². The number of piperazine rings is 1. The third-order valence-corrected chi connectivity index (χ3v) is 6.13. The molecule has 0 aromatic carbocycles. The largest absolute Gasteiger partial charge is 0.325 e. The number of hydrogen-bond donors (Lipinski definition) is 2. The molecular weight excluding hydrogens is 232 g/mol. The van der Waals surface area contributed by atoms with Gasteiger partial charge in [-0.25, -0.2) is 0 Å². The summed E-state index contributed by atoms with van der Waals surface area (Å²) >= 11 is 0. The highest BCUT2D eigenvalue weighted by Gasteiger charge is 2.38. The van der Waals surface area contributed by atoms with Crippen LogP contribution in [-0.2, 0) is 0 Å². The molecule has 108 valence electrons. The molecule has 3 aliphatic rings. The molecule has 1 saturated carbocycles. The number of allylic oxidation sites excluding steroid dienone is 2. The fraction of sp³-hybridized carbons (Fsp3) is 0.882. The number of quaternary nitrogens is 2. The first-order valence-electron chi connectivity index (χ1n) is 8.66. The Balaban J connectivity index is 1.44. The van der Waals surface area contributed by atoms with Crippen molar-refractivity contribution in [3.63, 3.8) is 0 Å². The van der Waals surface area contributed by atoms with E-state index in [9.17, 15) is 0 Å². The summed E-state index contributed by atoms with van der Waals surface area (Å²) in [5, 5.41) is 0. The molecule has 2 nitrogen and oxygen atoms in total. The third kappa shape index (κ3) is 2.90. The highest BCUT2D eigenvalue weighted by Crippen LogP contribution is 2.42. The Morgan fingerprint density at radius 1 is 1.00 bits per heavy atom. The molecule has 0 aromatic heterocycles. The molecule has 0 radical (unpaired) electrons. The highest BCUT2D eigenvalue weighted by atomic mass is 15.3. The van der Waals surface area contributed by atoms with E-state index in [2.05, 4.69) is 26.0 Å². The molecular formula is C17H32N2+2. The molecule has 1 aliphatic heterocycles. The van der Waals surface area contributed by atoms with Crippen LogP contribution in [-0.4, -0.2) is 38.8 Å². The number of fused-ring (bicyclic) bond motifs is 2. The van der Waals surface area contributed by atoms with Gasteiger partial charge in [-0.1, -0.05) is 26.0 Å². The summed E-state index contributed by atoms with van der Waals surface area (Å²) in [4.78, 5) is 3.79. The summed E-state index contributed by atoms with van der Waals surface area (Å²) in [7, 11) is 0. The summed E-state index contributed by atoms with van der Waals surface area (Å²) in [6, 6.07) is 0.923. The number of rotatable bonds is 5. The van der Waals surface area contributed by atoms with E-state index in [4.69, 9.17) is 0 Å². The van der Waals surface area contributed by atoms with E-state index in [1.165, 1.54) is 58.4 Å². The minimum atomic E-state index is 0.923. The normalized spacial score (nSPS) is 41.3. The van der Waals surface area contributed by atoms with E-state index < -0.39 is 0 Å². The Morgan fingerprint density at radius 3 is 2.26 bits per heavy atom. The lowest BCUT2D eigenvalue weighted by Gasteiger charge is -2.35. The van der Waals surface area contributed by atoms with Crippen LogP contribution in [0.2, 0.25) is 0 Å². The topological polar surface area (TPSA) is 8.88 Å². The quantitative estimate of drug-likeness (QED) is 0.655. The standard InChI is InChI=1S/C17H30N2/c1-3-17(4-2)19-9-7-18(8-10-19)13-16-12-14-5-6-15(16)11-14/h5-6,14-17H,3-4,7-13H2,1-2H3/p+2/t14-,15+,16-/m0/s1. The lowest BCUT2D eigenvalue weighted by molar-refractivity contribution is -1.02. The van der Waals surface area contributed by atoms with Crippen LogP contribution in [0.25, 0.3) is 0 Å². The van der Waals surface area contributed by atoms with Crippen LogP contribution in [0.1, 0.15) is 39.5 Å². The van der Waals surface area contributed by atoms with Gasteiger partial charge in [-0.2, -0.15) is 0 Å². The highest BCUT2D eigenvalue weighted by molar-refractivity contribution is 5.09. The van der Waals surface area contributed by atoms with Gasteiger partial charge < -0.3 is 9.80 Å². The molecule has 2 bridgehead atoms. The molecule has 3 atom stereocenters. The van der Waals surface area contributed by atoms with Crippen molar-refractivity contribution >= 4 is 0 Å². The zero-order valence-electron chi connectivity index (χ0n) is 12.8. The number of hydrogen-bond acceptors (Lipinski definition) is 0. The summed E-state index contributed by atoms with van der Waals surface area (Å²) in [5.74, 6) is 2.91. The van der Waals surface area contributed by atoms with Crippen molar-refractivity contribution in [2.75, 3.05) is 32.7 Å². The van der Waals surface area contributed by atoms with E-state index >= 15 is 0 Å². The Hall–Kier alpha value is -0.340. The minimum Gasteiger partial charge on any atom is -0.325 e. The zero-order valence-corrected chi connectivity index (χ0v) is 12.8. The van der Waals surface area contributed by atoms with Gasteiger partial charge in [0.1, 0.15) is 26.2 Å². The molecule has 0 aromatic rings. The van der Waals surface area contributed by atoms with E-state index in [0.29, 0.717) is 0 Å². The van der Waals surface area contributed by atoms with Crippen LogP contribution < -0.4 is 9.80 Å². The molecule has 0 unspecified atom stereocenters. The lowest BCUT2D eigenvalue weighted by atomic mass is 9.93. The van der Waals surface area contributed by atoms with E-state index in [1.807, 2.05) is 9.80 Å². The van der Waals surface area contributed by atoms with Crippen molar-refractivity contribution in [1.82, 2.24) is 0 Å². The Labute approximate surface area is 118 Å². The summed E-state index contributed by atoms with van der Waals surface area (Å²) < 4.78 is 0. The van der Waals surface area contributed by atoms with Crippen LogP contribution >= 0.6 is 0 Å². The van der Waals surface area contributed by atoms with E-state index in [-0.39, 0.29) is 0 Å². The minimum absolute atomic E-state index is 0.923. The molecule has 2 N–H and O–H groups in total. The Morgan fingerprint density at radius 2 is 1.74 bits per heavy atom. The lowest BCUT2D eigenvalue weighted by Crippen LogP contribution is -3.29. The van der Waals surface area contributed by atoms with E-state index in [0.717, 1.165) is 23.8 Å². The Kier molecular flexibility index (Phi) is 4.28. The zero-order chi connectivity index (χ0) is 13.2. The van der Waals surface area contributed by atoms with Gasteiger partial charge in [0.05, 0.1) is 12.6 Å². The van der Waals surface area contributed by atoms with Gasteiger partial charge in [-0.15, -0.1) is 0 Å². The van der Waals surface area contributed by atoms with Crippen molar-refractivity contribution in [2.24, 2.45) is 17.8 Å². The fourth-order valence-electron chi connectivity index (χ4n) is 4.90. The van der Waals surface area contributed by atoms with Crippen LogP contribution in [0.4, 0.5) is 0 Å². The van der Waals surface area contributed by atoms with Gasteiger partial charge in [0.15, 0.2) is 0 Å². The molecule has 19 heavy (non-hydrogen) atoms. The van der Waals surface area contributed by atoms with E-state index in [1.54, 1.807) is 0 Å². The monoisotopic (exact) mass is 264 g/mol. The van der Waals surface area contributed by atoms with Crippen molar-refractivity contribution in [1.29, 1.82) is 0 Å². The van der Waals surface area contributed by atoms with Crippen molar-refractivity contribution < 1.29 is 9.80 Å². The average Bonchev–Trinajstić information content (AvgIpc) is 3.04. The van der Waals surface area contributed by atoms with Crippen molar-refractivity contribution in [2.45, 2.75) is 45.6 Å². The molecule has 1 saturated heterocycles. The maximum absolute atomic E-state index is 2.52. The smallest absolute Gasteiger partial charge is 0.127 e. The fourth-order valence-corrected chi connectivity index (χ4v) is 4.90. The molecule has 3 rings (SSSR count). The molecule has 2 aliphatic carbocycles. The molecule has 1 heterocycles. The molecule has 0 spiro atoms. The predicted molar refractivity (Wildman–Crippen MR) is 79.5 cm³/mol.